The zero-order valence-corrected chi connectivity index (χ0v) is 11.1. The van der Waals surface area contributed by atoms with E-state index in [2.05, 4.69) is 43.1 Å². The maximum absolute atomic E-state index is 5.92. The van der Waals surface area contributed by atoms with E-state index in [1.165, 1.54) is 22.3 Å². The number of aromatic nitrogens is 1. The van der Waals surface area contributed by atoms with Gasteiger partial charge in [-0.3, -0.25) is 4.98 Å². The molecule has 2 aromatic rings. The fourth-order valence-corrected chi connectivity index (χ4v) is 2.16. The van der Waals surface area contributed by atoms with E-state index < -0.39 is 0 Å². The second-order valence-electron chi connectivity index (χ2n) is 4.84. The first-order valence-electron chi connectivity index (χ1n) is 6.37. The number of nitrogens with zero attached hydrogens (tertiary/aromatic N) is 1. The monoisotopic (exact) mass is 240 g/mol. The van der Waals surface area contributed by atoms with E-state index in [4.69, 9.17) is 5.73 Å². The van der Waals surface area contributed by atoms with Gasteiger partial charge in [0.25, 0.3) is 0 Å². The van der Waals surface area contributed by atoms with Gasteiger partial charge in [-0.05, 0) is 55.1 Å². The van der Waals surface area contributed by atoms with Gasteiger partial charge in [0.2, 0.25) is 0 Å². The summed E-state index contributed by atoms with van der Waals surface area (Å²) in [7, 11) is 0. The number of hydrogen-bond acceptors (Lipinski definition) is 2. The number of nitrogens with two attached hydrogens (primary N) is 1. The Labute approximate surface area is 109 Å². The van der Waals surface area contributed by atoms with Crippen LogP contribution in [0.15, 0.2) is 42.7 Å². The van der Waals surface area contributed by atoms with Crippen LogP contribution in [-0.2, 0) is 6.42 Å². The molecule has 0 radical (unpaired) electrons. The highest BCUT2D eigenvalue weighted by Crippen LogP contribution is 2.22. The number of rotatable bonds is 4. The summed E-state index contributed by atoms with van der Waals surface area (Å²) in [5.41, 5.74) is 11.1. The Bertz CT molecular complexity index is 506. The van der Waals surface area contributed by atoms with Crippen molar-refractivity contribution in [3.8, 4) is 0 Å². The van der Waals surface area contributed by atoms with Crippen molar-refractivity contribution in [3.63, 3.8) is 0 Å². The molecule has 1 aromatic heterocycles. The highest BCUT2D eigenvalue weighted by atomic mass is 14.6. The summed E-state index contributed by atoms with van der Waals surface area (Å²) in [5.74, 6) is 0.369. The smallest absolute Gasteiger partial charge is 0.0300 e. The van der Waals surface area contributed by atoms with Crippen LogP contribution in [0.4, 0.5) is 0 Å². The van der Waals surface area contributed by atoms with Crippen LogP contribution in [0.2, 0.25) is 0 Å². The molecule has 2 N–H and O–H groups in total. The standard InChI is InChI=1S/C16H20N2/c1-12-5-6-15(8-13(12)2)16(10-17)9-14-4-3-7-18-11-14/h3-8,11,16H,9-10,17H2,1-2H3. The van der Waals surface area contributed by atoms with Gasteiger partial charge >= 0.3 is 0 Å². The minimum Gasteiger partial charge on any atom is -0.330 e. The molecule has 2 heteroatoms. The van der Waals surface area contributed by atoms with Crippen molar-refractivity contribution < 1.29 is 0 Å². The van der Waals surface area contributed by atoms with Crippen molar-refractivity contribution in [2.75, 3.05) is 6.54 Å². The molecule has 1 aromatic carbocycles. The van der Waals surface area contributed by atoms with E-state index >= 15 is 0 Å². The Balaban J connectivity index is 2.20. The van der Waals surface area contributed by atoms with Crippen molar-refractivity contribution in [1.82, 2.24) is 4.98 Å². The molecule has 1 atom stereocenters. The molecule has 0 spiro atoms. The topological polar surface area (TPSA) is 38.9 Å². The van der Waals surface area contributed by atoms with Gasteiger partial charge in [-0.15, -0.1) is 0 Å². The van der Waals surface area contributed by atoms with Gasteiger partial charge in [0.1, 0.15) is 0 Å². The summed E-state index contributed by atoms with van der Waals surface area (Å²) in [5, 5.41) is 0. The summed E-state index contributed by atoms with van der Waals surface area (Å²) in [6.45, 7) is 4.95. The van der Waals surface area contributed by atoms with E-state index in [1.54, 1.807) is 6.20 Å². The molecule has 0 aliphatic rings. The van der Waals surface area contributed by atoms with Crippen LogP contribution in [0.1, 0.15) is 28.2 Å². The van der Waals surface area contributed by atoms with Crippen LogP contribution in [0.3, 0.4) is 0 Å². The minimum absolute atomic E-state index is 0.369. The second-order valence-corrected chi connectivity index (χ2v) is 4.84. The third-order valence-corrected chi connectivity index (χ3v) is 3.49. The molecule has 2 nitrogen and oxygen atoms in total. The second kappa shape index (κ2) is 5.78. The molecular weight excluding hydrogens is 220 g/mol. The van der Waals surface area contributed by atoms with Crippen LogP contribution in [0.25, 0.3) is 0 Å². The van der Waals surface area contributed by atoms with Gasteiger partial charge in [-0.2, -0.15) is 0 Å². The number of pyridine rings is 1. The molecule has 94 valence electrons. The fraction of sp³-hybridized carbons (Fsp3) is 0.312. The van der Waals surface area contributed by atoms with Crippen LogP contribution in [-0.4, -0.2) is 11.5 Å². The van der Waals surface area contributed by atoms with Crippen molar-refractivity contribution in [3.05, 3.63) is 65.0 Å². The van der Waals surface area contributed by atoms with Gasteiger partial charge in [0.15, 0.2) is 0 Å². The molecule has 0 aliphatic carbocycles. The molecule has 2 rings (SSSR count). The van der Waals surface area contributed by atoms with Gasteiger partial charge in [-0.1, -0.05) is 24.3 Å². The SMILES string of the molecule is Cc1ccc(C(CN)Cc2cccnc2)cc1C. The maximum atomic E-state index is 5.92. The first kappa shape index (κ1) is 12.8. The Morgan fingerprint density at radius 1 is 1.17 bits per heavy atom. The van der Waals surface area contributed by atoms with Crippen LogP contribution in [0, 0.1) is 13.8 Å². The Morgan fingerprint density at radius 2 is 2.00 bits per heavy atom. The zero-order valence-electron chi connectivity index (χ0n) is 11.1. The summed E-state index contributed by atoms with van der Waals surface area (Å²) in [6.07, 6.45) is 4.67. The lowest BCUT2D eigenvalue weighted by atomic mass is 9.91. The highest BCUT2D eigenvalue weighted by molar-refractivity contribution is 5.33. The molecule has 0 bridgehead atoms. The molecular formula is C16H20N2. The van der Waals surface area contributed by atoms with E-state index in [-0.39, 0.29) is 0 Å². The average Bonchev–Trinajstić information content (AvgIpc) is 2.40. The fourth-order valence-electron chi connectivity index (χ4n) is 2.16. The van der Waals surface area contributed by atoms with Gasteiger partial charge in [0.05, 0.1) is 0 Å². The molecule has 0 fully saturated rings. The zero-order chi connectivity index (χ0) is 13.0. The van der Waals surface area contributed by atoms with Gasteiger partial charge in [0, 0.05) is 18.3 Å². The Morgan fingerprint density at radius 3 is 2.61 bits per heavy atom. The normalized spacial score (nSPS) is 12.4. The Hall–Kier alpha value is -1.67. The van der Waals surface area contributed by atoms with Gasteiger partial charge in [-0.25, -0.2) is 0 Å². The Kier molecular flexibility index (Phi) is 4.11. The largest absolute Gasteiger partial charge is 0.330 e. The van der Waals surface area contributed by atoms with E-state index in [9.17, 15) is 0 Å². The van der Waals surface area contributed by atoms with E-state index in [0.717, 1.165) is 6.42 Å². The molecule has 18 heavy (non-hydrogen) atoms. The number of hydrogen-bond donors (Lipinski definition) is 1. The van der Waals surface area contributed by atoms with Crippen LogP contribution >= 0.6 is 0 Å². The molecule has 0 saturated carbocycles. The highest BCUT2D eigenvalue weighted by Gasteiger charge is 2.11. The summed E-state index contributed by atoms with van der Waals surface area (Å²) in [6, 6.07) is 10.7. The quantitative estimate of drug-likeness (QED) is 0.892. The first-order valence-corrected chi connectivity index (χ1v) is 6.37. The third kappa shape index (κ3) is 2.96. The van der Waals surface area contributed by atoms with Crippen LogP contribution < -0.4 is 5.73 Å². The predicted molar refractivity (Wildman–Crippen MR) is 75.7 cm³/mol. The predicted octanol–water partition coefficient (Wildman–Crippen LogP) is 2.98. The van der Waals surface area contributed by atoms with Crippen molar-refractivity contribution in [2.45, 2.75) is 26.2 Å². The third-order valence-electron chi connectivity index (χ3n) is 3.49. The number of aryl methyl sites for hydroxylation is 2. The lowest BCUT2D eigenvalue weighted by Gasteiger charge is -2.16. The molecule has 0 aliphatic heterocycles. The summed E-state index contributed by atoms with van der Waals surface area (Å²) >= 11 is 0. The van der Waals surface area contributed by atoms with Crippen molar-refractivity contribution in [2.24, 2.45) is 5.73 Å². The number of benzene rings is 1. The lowest BCUT2D eigenvalue weighted by molar-refractivity contribution is 0.692. The van der Waals surface area contributed by atoms with E-state index in [0.29, 0.717) is 12.5 Å². The molecule has 0 saturated heterocycles. The minimum atomic E-state index is 0.369. The molecule has 1 heterocycles. The van der Waals surface area contributed by atoms with Crippen molar-refractivity contribution in [1.29, 1.82) is 0 Å². The van der Waals surface area contributed by atoms with Crippen LogP contribution in [0.5, 0.6) is 0 Å². The van der Waals surface area contributed by atoms with Gasteiger partial charge < -0.3 is 5.73 Å². The molecule has 1 unspecified atom stereocenters. The maximum Gasteiger partial charge on any atom is 0.0300 e. The molecule has 0 amide bonds. The van der Waals surface area contributed by atoms with Crippen molar-refractivity contribution >= 4 is 0 Å². The summed E-state index contributed by atoms with van der Waals surface area (Å²) in [4.78, 5) is 4.16. The summed E-state index contributed by atoms with van der Waals surface area (Å²) < 4.78 is 0. The average molecular weight is 240 g/mol. The lowest BCUT2D eigenvalue weighted by Crippen LogP contribution is -2.15. The first-order chi connectivity index (χ1) is 8.70. The van der Waals surface area contributed by atoms with E-state index in [1.807, 2.05) is 12.3 Å².